The summed E-state index contributed by atoms with van der Waals surface area (Å²) in [6, 6.07) is 14.1. The van der Waals surface area contributed by atoms with Gasteiger partial charge >= 0.3 is 0 Å². The number of nitrogens with one attached hydrogen (secondary N) is 1. The van der Waals surface area contributed by atoms with Gasteiger partial charge in [-0.05, 0) is 63.7 Å². The summed E-state index contributed by atoms with van der Waals surface area (Å²) in [7, 11) is 4.08. The molecule has 0 atom stereocenters. The maximum absolute atomic E-state index is 14.6. The zero-order chi connectivity index (χ0) is 20.7. The van der Waals surface area contributed by atoms with Crippen molar-refractivity contribution in [1.29, 1.82) is 0 Å². The first kappa shape index (κ1) is 21.3. The van der Waals surface area contributed by atoms with Crippen LogP contribution in [0, 0.1) is 5.82 Å². The lowest BCUT2D eigenvalue weighted by Gasteiger charge is -2.36. The predicted octanol–water partition coefficient (Wildman–Crippen LogP) is 5.00. The van der Waals surface area contributed by atoms with Crippen LogP contribution in [-0.4, -0.2) is 38.1 Å². The molecular weight excluding hydrogens is 367 g/mol. The van der Waals surface area contributed by atoms with E-state index in [4.69, 9.17) is 4.74 Å². The van der Waals surface area contributed by atoms with Crippen LogP contribution in [0.3, 0.4) is 0 Å². The van der Waals surface area contributed by atoms with Gasteiger partial charge in [-0.25, -0.2) is 4.39 Å². The predicted molar refractivity (Wildman–Crippen MR) is 115 cm³/mol. The van der Waals surface area contributed by atoms with Crippen molar-refractivity contribution in [3.05, 3.63) is 59.9 Å². The van der Waals surface area contributed by atoms with Crippen LogP contribution in [0.5, 0.6) is 5.75 Å². The second-order valence-electron chi connectivity index (χ2n) is 8.11. The van der Waals surface area contributed by atoms with Gasteiger partial charge in [0.15, 0.2) is 0 Å². The number of carbonyl (C=O) groups is 1. The minimum atomic E-state index is -0.801. The Hall–Kier alpha value is -2.40. The Labute approximate surface area is 173 Å². The summed E-state index contributed by atoms with van der Waals surface area (Å²) in [6.07, 6.45) is 5.25. The van der Waals surface area contributed by atoms with Gasteiger partial charge in [0.05, 0.1) is 12.0 Å². The molecule has 1 N–H and O–H groups in total. The first-order valence-corrected chi connectivity index (χ1v) is 10.5. The van der Waals surface area contributed by atoms with Crippen LogP contribution in [0.4, 0.5) is 10.1 Å². The summed E-state index contributed by atoms with van der Waals surface area (Å²) in [5, 5.41) is 3.02. The average Bonchev–Trinajstić information content (AvgIpc) is 2.73. The lowest BCUT2D eigenvalue weighted by Crippen LogP contribution is -2.42. The third-order valence-corrected chi connectivity index (χ3v) is 5.66. The van der Waals surface area contributed by atoms with E-state index in [0.717, 1.165) is 38.0 Å². The highest BCUT2D eigenvalue weighted by molar-refractivity contribution is 5.99. The van der Waals surface area contributed by atoms with E-state index >= 15 is 0 Å². The fourth-order valence-corrected chi connectivity index (χ4v) is 4.08. The Bertz CT molecular complexity index is 799. The van der Waals surface area contributed by atoms with E-state index in [1.54, 1.807) is 12.1 Å². The molecule has 1 aliphatic carbocycles. The quantitative estimate of drug-likeness (QED) is 0.637. The van der Waals surface area contributed by atoms with Crippen molar-refractivity contribution in [3.63, 3.8) is 0 Å². The SMILES string of the molecule is CN(C)CCCOc1ccc(NC(=O)C2(c3ccccc3F)CCCCC2)cc1. The molecule has 0 heterocycles. The van der Waals surface area contributed by atoms with Crippen LogP contribution in [0.15, 0.2) is 48.5 Å². The molecule has 2 aromatic carbocycles. The van der Waals surface area contributed by atoms with E-state index in [1.165, 1.54) is 6.07 Å². The number of hydrogen-bond acceptors (Lipinski definition) is 3. The van der Waals surface area contributed by atoms with Crippen molar-refractivity contribution in [2.45, 2.75) is 43.9 Å². The molecule has 29 heavy (non-hydrogen) atoms. The van der Waals surface area contributed by atoms with Gasteiger partial charge in [0, 0.05) is 17.8 Å². The summed E-state index contributed by atoms with van der Waals surface area (Å²) in [6.45, 7) is 1.63. The van der Waals surface area contributed by atoms with E-state index in [9.17, 15) is 9.18 Å². The van der Waals surface area contributed by atoms with Gasteiger partial charge in [0.1, 0.15) is 11.6 Å². The number of carbonyl (C=O) groups excluding carboxylic acids is 1. The molecule has 0 radical (unpaired) electrons. The number of benzene rings is 2. The smallest absolute Gasteiger partial charge is 0.235 e. The summed E-state index contributed by atoms with van der Waals surface area (Å²) < 4.78 is 20.3. The molecule has 2 aromatic rings. The summed E-state index contributed by atoms with van der Waals surface area (Å²) in [5.41, 5.74) is 0.417. The lowest BCUT2D eigenvalue weighted by atomic mass is 9.68. The number of anilines is 1. The number of halogens is 1. The van der Waals surface area contributed by atoms with Gasteiger partial charge in [0.2, 0.25) is 5.91 Å². The van der Waals surface area contributed by atoms with E-state index in [1.807, 2.05) is 44.4 Å². The van der Waals surface area contributed by atoms with Gasteiger partial charge in [-0.2, -0.15) is 0 Å². The highest BCUT2D eigenvalue weighted by Crippen LogP contribution is 2.41. The third-order valence-electron chi connectivity index (χ3n) is 5.66. The molecule has 156 valence electrons. The first-order valence-electron chi connectivity index (χ1n) is 10.5. The van der Waals surface area contributed by atoms with Crippen LogP contribution >= 0.6 is 0 Å². The van der Waals surface area contributed by atoms with E-state index < -0.39 is 5.41 Å². The molecule has 0 saturated heterocycles. The monoisotopic (exact) mass is 398 g/mol. The first-order chi connectivity index (χ1) is 14.0. The molecule has 5 heteroatoms. The molecule has 0 aromatic heterocycles. The van der Waals surface area contributed by atoms with Crippen LogP contribution < -0.4 is 10.1 Å². The van der Waals surface area contributed by atoms with Crippen LogP contribution in [-0.2, 0) is 10.2 Å². The van der Waals surface area contributed by atoms with E-state index in [2.05, 4.69) is 10.2 Å². The lowest BCUT2D eigenvalue weighted by molar-refractivity contribution is -0.122. The van der Waals surface area contributed by atoms with Crippen LogP contribution in [0.2, 0.25) is 0 Å². The third kappa shape index (κ3) is 5.36. The van der Waals surface area contributed by atoms with Gasteiger partial charge in [-0.1, -0.05) is 37.5 Å². The molecular formula is C24H31FN2O2. The summed E-state index contributed by atoms with van der Waals surface area (Å²) in [5.74, 6) is 0.358. The minimum Gasteiger partial charge on any atom is -0.494 e. The Morgan fingerprint density at radius 3 is 2.41 bits per heavy atom. The standard InChI is InChI=1S/C24H31FN2O2/c1-27(2)17-8-18-29-20-13-11-19(12-14-20)26-23(28)24(15-6-3-7-16-24)21-9-4-5-10-22(21)25/h4-5,9-14H,3,6-8,15-18H2,1-2H3,(H,26,28). The Balaban J connectivity index is 1.68. The second kappa shape index (κ2) is 9.88. The number of ether oxygens (including phenoxy) is 1. The molecule has 0 bridgehead atoms. The van der Waals surface area contributed by atoms with Gasteiger partial charge in [0.25, 0.3) is 0 Å². The van der Waals surface area contributed by atoms with E-state index in [-0.39, 0.29) is 11.7 Å². The van der Waals surface area contributed by atoms with Gasteiger partial charge in [-0.15, -0.1) is 0 Å². The minimum absolute atomic E-state index is 0.123. The molecule has 0 spiro atoms. The van der Waals surface area contributed by atoms with Gasteiger partial charge < -0.3 is 15.0 Å². The molecule has 1 saturated carbocycles. The van der Waals surface area contributed by atoms with Crippen molar-refractivity contribution in [3.8, 4) is 5.75 Å². The highest BCUT2D eigenvalue weighted by Gasteiger charge is 2.42. The second-order valence-corrected chi connectivity index (χ2v) is 8.11. The Morgan fingerprint density at radius 1 is 1.07 bits per heavy atom. The maximum Gasteiger partial charge on any atom is 0.235 e. The van der Waals surface area contributed by atoms with Crippen molar-refractivity contribution >= 4 is 11.6 Å². The fraction of sp³-hybridized carbons (Fsp3) is 0.458. The zero-order valence-electron chi connectivity index (χ0n) is 17.4. The molecule has 0 unspecified atom stereocenters. The zero-order valence-corrected chi connectivity index (χ0v) is 17.4. The summed E-state index contributed by atoms with van der Waals surface area (Å²) in [4.78, 5) is 15.4. The number of nitrogens with zero attached hydrogens (tertiary/aromatic N) is 1. The van der Waals surface area contributed by atoms with Crippen molar-refractivity contribution in [1.82, 2.24) is 4.90 Å². The summed E-state index contributed by atoms with van der Waals surface area (Å²) >= 11 is 0. The number of rotatable bonds is 8. The topological polar surface area (TPSA) is 41.6 Å². The number of amides is 1. The Morgan fingerprint density at radius 2 is 1.76 bits per heavy atom. The van der Waals surface area contributed by atoms with Crippen LogP contribution in [0.25, 0.3) is 0 Å². The number of hydrogen-bond donors (Lipinski definition) is 1. The molecule has 3 rings (SSSR count). The normalized spacial score (nSPS) is 15.9. The van der Waals surface area contributed by atoms with Crippen molar-refractivity contribution < 1.29 is 13.9 Å². The Kier molecular flexibility index (Phi) is 7.26. The molecule has 1 fully saturated rings. The highest BCUT2D eigenvalue weighted by atomic mass is 19.1. The van der Waals surface area contributed by atoms with Crippen molar-refractivity contribution in [2.24, 2.45) is 0 Å². The fourth-order valence-electron chi connectivity index (χ4n) is 4.08. The molecule has 1 aliphatic rings. The molecule has 0 aliphatic heterocycles. The molecule has 1 amide bonds. The maximum atomic E-state index is 14.6. The average molecular weight is 399 g/mol. The van der Waals surface area contributed by atoms with Crippen LogP contribution in [0.1, 0.15) is 44.1 Å². The van der Waals surface area contributed by atoms with E-state index in [0.29, 0.717) is 30.7 Å². The largest absolute Gasteiger partial charge is 0.494 e. The molecule has 4 nitrogen and oxygen atoms in total. The van der Waals surface area contributed by atoms with Gasteiger partial charge in [-0.3, -0.25) is 4.79 Å². The van der Waals surface area contributed by atoms with Crippen molar-refractivity contribution in [2.75, 3.05) is 32.6 Å².